The van der Waals surface area contributed by atoms with Gasteiger partial charge >= 0.3 is 5.97 Å². The number of carbonyl (C=O) groups excluding carboxylic acids is 1. The number of sulfonamides is 1. The van der Waals surface area contributed by atoms with E-state index in [-0.39, 0.29) is 30.2 Å². The topological polar surface area (TPSA) is 113 Å². The number of aliphatic carboxylic acids is 1. The predicted octanol–water partition coefficient (Wildman–Crippen LogP) is 5.69. The highest BCUT2D eigenvalue weighted by molar-refractivity contribution is 7.90. The zero-order valence-electron chi connectivity index (χ0n) is 21.5. The lowest BCUT2D eigenvalue weighted by molar-refractivity contribution is -0.147. The molecule has 1 amide bonds. The van der Waals surface area contributed by atoms with Crippen molar-refractivity contribution < 1.29 is 23.1 Å². The summed E-state index contributed by atoms with van der Waals surface area (Å²) in [5.74, 6) is -1.72. The minimum Gasteiger partial charge on any atom is -0.481 e. The van der Waals surface area contributed by atoms with Crippen LogP contribution in [0.15, 0.2) is 48.5 Å². The van der Waals surface area contributed by atoms with Crippen LogP contribution in [0.25, 0.3) is 0 Å². The maximum Gasteiger partial charge on any atom is 0.304 e. The van der Waals surface area contributed by atoms with E-state index in [1.807, 2.05) is 37.3 Å². The van der Waals surface area contributed by atoms with Gasteiger partial charge in [-0.25, -0.2) is 13.1 Å². The van der Waals surface area contributed by atoms with Crippen LogP contribution in [-0.4, -0.2) is 36.7 Å². The Morgan fingerprint density at radius 1 is 1.16 bits per heavy atom. The van der Waals surface area contributed by atoms with Crippen molar-refractivity contribution in [2.75, 3.05) is 0 Å². The highest BCUT2D eigenvalue weighted by Gasteiger charge is 2.47. The molecule has 7 nitrogen and oxygen atoms in total. The number of piperidine rings is 1. The third-order valence-corrected chi connectivity index (χ3v) is 10.5. The van der Waals surface area contributed by atoms with E-state index in [4.69, 9.17) is 23.2 Å². The highest BCUT2D eigenvalue weighted by Crippen LogP contribution is 2.44. The molecule has 2 aromatic rings. The average Bonchev–Trinajstić information content (AvgIpc) is 2.78. The predicted molar refractivity (Wildman–Crippen MR) is 149 cm³/mol. The summed E-state index contributed by atoms with van der Waals surface area (Å²) in [6.07, 6.45) is 2.67. The van der Waals surface area contributed by atoms with Crippen molar-refractivity contribution in [3.63, 3.8) is 0 Å². The Morgan fingerprint density at radius 3 is 2.42 bits per heavy atom. The number of halogens is 2. The summed E-state index contributed by atoms with van der Waals surface area (Å²) < 4.78 is 29.2. The van der Waals surface area contributed by atoms with Gasteiger partial charge in [-0.15, -0.1) is 0 Å². The van der Waals surface area contributed by atoms with Crippen molar-refractivity contribution in [2.45, 2.75) is 75.6 Å². The zero-order valence-corrected chi connectivity index (χ0v) is 23.8. The maximum atomic E-state index is 13.2. The maximum absolute atomic E-state index is 13.2. The van der Waals surface area contributed by atoms with Crippen LogP contribution in [0.2, 0.25) is 10.0 Å². The van der Waals surface area contributed by atoms with E-state index in [2.05, 4.69) is 10.0 Å². The van der Waals surface area contributed by atoms with Crippen molar-refractivity contribution in [3.05, 3.63) is 69.7 Å². The van der Waals surface area contributed by atoms with E-state index in [9.17, 15) is 23.1 Å². The standard InChI is InChI=1S/C28H34Cl2N2O5S/c1-17(13-24(18-9-11-20(29)12-10-18)32-38(36,37)22-7-4-8-22)26-23(19-5-3-6-21(30)14-19)15-28(2,16-25(33)34)27(35)31-26/h3,5-6,9-12,14,17,22-24,26,32H,4,7-8,13,15-16H2,1-2H3,(H,31,35)(H,33,34)/t17?,23-,24+,26+,28+/m1/s1. The largest absolute Gasteiger partial charge is 0.481 e. The first-order valence-electron chi connectivity index (χ1n) is 12.9. The molecule has 2 fully saturated rings. The Hall–Kier alpha value is -2.13. The molecule has 0 aromatic heterocycles. The van der Waals surface area contributed by atoms with E-state index in [0.717, 1.165) is 17.5 Å². The van der Waals surface area contributed by atoms with E-state index >= 15 is 0 Å². The lowest BCUT2D eigenvalue weighted by Crippen LogP contribution is -2.56. The molecule has 0 spiro atoms. The summed E-state index contributed by atoms with van der Waals surface area (Å²) >= 11 is 12.4. The quantitative estimate of drug-likeness (QED) is 0.334. The van der Waals surface area contributed by atoms with Crippen molar-refractivity contribution in [1.82, 2.24) is 10.0 Å². The normalized spacial score (nSPS) is 25.7. The molecule has 1 saturated carbocycles. The number of carboxylic acids is 1. The molecular formula is C28H34Cl2N2O5S. The van der Waals surface area contributed by atoms with Gasteiger partial charge in [0.25, 0.3) is 0 Å². The molecule has 0 bridgehead atoms. The Kier molecular flexibility index (Phi) is 8.77. The lowest BCUT2D eigenvalue weighted by Gasteiger charge is -2.45. The van der Waals surface area contributed by atoms with Crippen molar-refractivity contribution in [3.8, 4) is 0 Å². The van der Waals surface area contributed by atoms with Crippen LogP contribution in [0.5, 0.6) is 0 Å². The van der Waals surface area contributed by atoms with Crippen LogP contribution < -0.4 is 10.0 Å². The van der Waals surface area contributed by atoms with Crippen LogP contribution in [0.1, 0.15) is 75.5 Å². The molecule has 1 saturated heterocycles. The Balaban J connectivity index is 1.65. The van der Waals surface area contributed by atoms with E-state index < -0.39 is 32.7 Å². The second-order valence-corrected chi connectivity index (χ2v) is 13.9. The van der Waals surface area contributed by atoms with Gasteiger partial charge in [-0.1, -0.05) is 67.7 Å². The van der Waals surface area contributed by atoms with Crippen molar-refractivity contribution >= 4 is 45.1 Å². The molecule has 5 atom stereocenters. The van der Waals surface area contributed by atoms with Gasteiger partial charge in [0.05, 0.1) is 17.1 Å². The molecule has 2 aliphatic rings. The number of hydrogen-bond acceptors (Lipinski definition) is 4. The summed E-state index contributed by atoms with van der Waals surface area (Å²) in [5, 5.41) is 13.3. The van der Waals surface area contributed by atoms with E-state index in [0.29, 0.717) is 35.7 Å². The van der Waals surface area contributed by atoms with Gasteiger partial charge in [0, 0.05) is 28.0 Å². The molecule has 38 heavy (non-hydrogen) atoms. The molecule has 0 radical (unpaired) electrons. The molecule has 3 N–H and O–H groups in total. The SMILES string of the molecule is CC(C[C@H](NS(=O)(=O)C1CCC1)c1ccc(Cl)cc1)[C@@H]1NC(=O)[C@](C)(CC(=O)O)C[C@@H]1c1cccc(Cl)c1. The molecule has 206 valence electrons. The van der Waals surface area contributed by atoms with E-state index in [1.165, 1.54) is 0 Å². The van der Waals surface area contributed by atoms with Crippen LogP contribution in [-0.2, 0) is 19.6 Å². The van der Waals surface area contributed by atoms with Gasteiger partial charge in [-0.05, 0) is 67.0 Å². The molecule has 2 aromatic carbocycles. The summed E-state index contributed by atoms with van der Waals surface area (Å²) in [6, 6.07) is 13.6. The third kappa shape index (κ3) is 6.53. The monoisotopic (exact) mass is 580 g/mol. The fraction of sp³-hybridized carbons (Fsp3) is 0.500. The van der Waals surface area contributed by atoms with Crippen LogP contribution in [0, 0.1) is 11.3 Å². The Labute approximate surface area is 234 Å². The lowest BCUT2D eigenvalue weighted by atomic mass is 9.67. The summed E-state index contributed by atoms with van der Waals surface area (Å²) in [5.41, 5.74) is 0.613. The van der Waals surface area contributed by atoms with Crippen LogP contribution in [0.4, 0.5) is 0 Å². The fourth-order valence-electron chi connectivity index (χ4n) is 5.66. The van der Waals surface area contributed by atoms with Gasteiger partial charge in [0.15, 0.2) is 0 Å². The van der Waals surface area contributed by atoms with Gasteiger partial charge in [0.2, 0.25) is 15.9 Å². The van der Waals surface area contributed by atoms with Gasteiger partial charge in [-0.3, -0.25) is 9.59 Å². The van der Waals surface area contributed by atoms with Crippen molar-refractivity contribution in [1.29, 1.82) is 0 Å². The van der Waals surface area contributed by atoms with Crippen molar-refractivity contribution in [2.24, 2.45) is 11.3 Å². The molecule has 1 aliphatic heterocycles. The number of benzene rings is 2. The molecule has 10 heteroatoms. The average molecular weight is 582 g/mol. The molecule has 1 aliphatic carbocycles. The molecule has 1 heterocycles. The molecule has 1 unspecified atom stereocenters. The fourth-order valence-corrected chi connectivity index (χ4v) is 7.76. The first-order valence-corrected chi connectivity index (χ1v) is 15.2. The number of hydrogen-bond donors (Lipinski definition) is 3. The highest BCUT2D eigenvalue weighted by atomic mass is 35.5. The van der Waals surface area contributed by atoms with Gasteiger partial charge < -0.3 is 10.4 Å². The first-order chi connectivity index (χ1) is 17.9. The summed E-state index contributed by atoms with van der Waals surface area (Å²) in [6.45, 7) is 3.67. The minimum atomic E-state index is -3.52. The summed E-state index contributed by atoms with van der Waals surface area (Å²) in [4.78, 5) is 24.8. The number of carboxylic acid groups (broad SMARTS) is 1. The Morgan fingerprint density at radius 2 is 1.84 bits per heavy atom. The van der Waals surface area contributed by atoms with Gasteiger partial charge in [0.1, 0.15) is 0 Å². The first kappa shape index (κ1) is 28.9. The number of rotatable bonds is 10. The smallest absolute Gasteiger partial charge is 0.304 e. The number of amides is 1. The second kappa shape index (κ2) is 11.5. The summed E-state index contributed by atoms with van der Waals surface area (Å²) in [7, 11) is -3.52. The Bertz CT molecular complexity index is 1280. The van der Waals surface area contributed by atoms with E-state index in [1.54, 1.807) is 25.1 Å². The molecule has 4 rings (SSSR count). The van der Waals surface area contributed by atoms with Crippen LogP contribution >= 0.6 is 23.2 Å². The number of nitrogens with one attached hydrogen (secondary N) is 2. The molecular weight excluding hydrogens is 547 g/mol. The van der Waals surface area contributed by atoms with Gasteiger partial charge in [-0.2, -0.15) is 0 Å². The number of carbonyl (C=O) groups is 2. The zero-order chi connectivity index (χ0) is 27.7. The third-order valence-electron chi connectivity index (χ3n) is 8.06. The minimum absolute atomic E-state index is 0.165. The second-order valence-electron chi connectivity index (χ2n) is 11.0. The van der Waals surface area contributed by atoms with Crippen LogP contribution in [0.3, 0.4) is 0 Å².